The molecule has 0 bridgehead atoms. The fourth-order valence-electron chi connectivity index (χ4n) is 2.38. The molecule has 2 nitrogen and oxygen atoms in total. The topological polar surface area (TPSA) is 37.3 Å². The minimum atomic E-state index is -5.57. The van der Waals surface area contributed by atoms with Crippen LogP contribution in [0.25, 0.3) is 0 Å². The lowest BCUT2D eigenvalue weighted by atomic mass is 9.94. The van der Waals surface area contributed by atoms with Crippen molar-refractivity contribution in [2.45, 2.75) is 82.7 Å². The first-order chi connectivity index (χ1) is 10.6. The van der Waals surface area contributed by atoms with Crippen molar-refractivity contribution in [1.82, 2.24) is 0 Å². The Labute approximate surface area is 134 Å². The van der Waals surface area contributed by atoms with Crippen LogP contribution in [0.15, 0.2) is 0 Å². The van der Waals surface area contributed by atoms with Gasteiger partial charge < -0.3 is 5.11 Å². The summed E-state index contributed by atoms with van der Waals surface area (Å²) in [5, 5.41) is 9.02. The van der Waals surface area contributed by atoms with Gasteiger partial charge in [-0.25, -0.2) is 0 Å². The van der Waals surface area contributed by atoms with E-state index in [1.54, 1.807) is 0 Å². The predicted molar refractivity (Wildman–Crippen MR) is 78.3 cm³/mol. The van der Waals surface area contributed by atoms with Crippen molar-refractivity contribution in [3.63, 3.8) is 0 Å². The molecule has 0 amide bonds. The molecule has 7 heteroatoms. The third-order valence-electron chi connectivity index (χ3n) is 3.86. The molecule has 1 N–H and O–H groups in total. The highest BCUT2D eigenvalue weighted by atomic mass is 19.4. The molecule has 0 rings (SSSR count). The molecular weight excluding hydrogens is 319 g/mol. The number of rotatable bonds is 13. The number of alkyl halides is 5. The first-order valence-corrected chi connectivity index (χ1v) is 8.08. The SMILES string of the molecule is [CH2]CCCCCCCCC(CCCC(F)(F)C(F)(F)F)C(=O)O. The predicted octanol–water partition coefficient (Wildman–Crippen LogP) is 6.01. The summed E-state index contributed by atoms with van der Waals surface area (Å²) >= 11 is 0. The van der Waals surface area contributed by atoms with Crippen molar-refractivity contribution in [2.24, 2.45) is 5.92 Å². The number of hydrogen-bond acceptors (Lipinski definition) is 1. The molecule has 0 aromatic heterocycles. The molecule has 0 heterocycles. The number of hydrogen-bond donors (Lipinski definition) is 1. The molecule has 0 aromatic carbocycles. The van der Waals surface area contributed by atoms with Crippen LogP contribution in [-0.4, -0.2) is 23.2 Å². The molecule has 0 spiro atoms. The maximum Gasteiger partial charge on any atom is 0.453 e. The van der Waals surface area contributed by atoms with Crippen molar-refractivity contribution < 1.29 is 31.9 Å². The second kappa shape index (κ2) is 10.8. The van der Waals surface area contributed by atoms with Gasteiger partial charge >= 0.3 is 18.1 Å². The third kappa shape index (κ3) is 9.76. The third-order valence-corrected chi connectivity index (χ3v) is 3.86. The Kier molecular flexibility index (Phi) is 10.4. The maximum absolute atomic E-state index is 12.8. The molecule has 0 fully saturated rings. The molecular formula is C16H26F5O2. The Morgan fingerprint density at radius 3 is 1.83 bits per heavy atom. The number of aliphatic carboxylic acids is 1. The van der Waals surface area contributed by atoms with E-state index in [0.29, 0.717) is 12.8 Å². The van der Waals surface area contributed by atoms with Gasteiger partial charge in [0, 0.05) is 6.42 Å². The van der Waals surface area contributed by atoms with Crippen LogP contribution in [0.2, 0.25) is 0 Å². The van der Waals surface area contributed by atoms with E-state index in [0.717, 1.165) is 38.5 Å². The Balaban J connectivity index is 3.98. The highest BCUT2D eigenvalue weighted by molar-refractivity contribution is 5.69. The highest BCUT2D eigenvalue weighted by Crippen LogP contribution is 2.39. The summed E-state index contributed by atoms with van der Waals surface area (Å²) in [6, 6.07) is 0. The first kappa shape index (κ1) is 22.1. The Bertz CT molecular complexity index is 329. The molecule has 1 unspecified atom stereocenters. The largest absolute Gasteiger partial charge is 0.481 e. The molecule has 0 saturated heterocycles. The number of carbonyl (C=O) groups is 1. The van der Waals surface area contributed by atoms with Crippen LogP contribution < -0.4 is 0 Å². The second-order valence-electron chi connectivity index (χ2n) is 5.89. The molecule has 0 aliphatic heterocycles. The number of carboxylic acid groups (broad SMARTS) is 1. The molecule has 0 aliphatic carbocycles. The molecule has 0 saturated carbocycles. The van der Waals surface area contributed by atoms with Crippen LogP contribution in [0.1, 0.15) is 70.6 Å². The van der Waals surface area contributed by atoms with Gasteiger partial charge in [-0.05, 0) is 19.3 Å². The van der Waals surface area contributed by atoms with Crippen LogP contribution >= 0.6 is 0 Å². The Morgan fingerprint density at radius 2 is 1.35 bits per heavy atom. The Morgan fingerprint density at radius 1 is 0.870 bits per heavy atom. The fraction of sp³-hybridized carbons (Fsp3) is 0.875. The van der Waals surface area contributed by atoms with Crippen LogP contribution in [0.4, 0.5) is 22.0 Å². The minimum absolute atomic E-state index is 0.150. The molecule has 23 heavy (non-hydrogen) atoms. The summed E-state index contributed by atoms with van der Waals surface area (Å²) < 4.78 is 61.6. The smallest absolute Gasteiger partial charge is 0.453 e. The zero-order valence-corrected chi connectivity index (χ0v) is 13.3. The lowest BCUT2D eigenvalue weighted by molar-refractivity contribution is -0.284. The number of halogens is 5. The van der Waals surface area contributed by atoms with Crippen LogP contribution in [0.3, 0.4) is 0 Å². The van der Waals surface area contributed by atoms with Gasteiger partial charge in [-0.1, -0.05) is 51.9 Å². The average Bonchev–Trinajstić information content (AvgIpc) is 2.42. The van der Waals surface area contributed by atoms with Gasteiger partial charge in [0.15, 0.2) is 0 Å². The lowest BCUT2D eigenvalue weighted by Gasteiger charge is -2.20. The quantitative estimate of drug-likeness (QED) is 0.328. The van der Waals surface area contributed by atoms with E-state index in [9.17, 15) is 26.7 Å². The fourth-order valence-corrected chi connectivity index (χ4v) is 2.38. The van der Waals surface area contributed by atoms with Crippen molar-refractivity contribution in [3.05, 3.63) is 6.92 Å². The zero-order chi connectivity index (χ0) is 17.9. The molecule has 0 aliphatic rings. The van der Waals surface area contributed by atoms with E-state index in [2.05, 4.69) is 6.92 Å². The average molecular weight is 345 g/mol. The van der Waals surface area contributed by atoms with Gasteiger partial charge in [-0.2, -0.15) is 22.0 Å². The van der Waals surface area contributed by atoms with Gasteiger partial charge in [0.05, 0.1) is 5.92 Å². The van der Waals surface area contributed by atoms with E-state index in [-0.39, 0.29) is 6.42 Å². The molecule has 137 valence electrons. The van der Waals surface area contributed by atoms with E-state index >= 15 is 0 Å². The van der Waals surface area contributed by atoms with Gasteiger partial charge in [0.1, 0.15) is 0 Å². The summed E-state index contributed by atoms with van der Waals surface area (Å²) in [7, 11) is 0. The van der Waals surface area contributed by atoms with Crippen molar-refractivity contribution in [2.75, 3.05) is 0 Å². The van der Waals surface area contributed by atoms with E-state index in [1.807, 2.05) is 0 Å². The van der Waals surface area contributed by atoms with Gasteiger partial charge in [0.25, 0.3) is 0 Å². The summed E-state index contributed by atoms with van der Waals surface area (Å²) in [5.74, 6) is -6.72. The lowest BCUT2D eigenvalue weighted by Crippen LogP contribution is -2.36. The molecule has 1 atom stereocenters. The summed E-state index contributed by atoms with van der Waals surface area (Å²) in [6.45, 7) is 3.73. The Hall–Kier alpha value is -0.880. The standard InChI is InChI=1S/C16H26F5O2/c1-2-3-4-5-6-7-8-10-13(14(22)23)11-9-12-15(17,18)16(19,20)21/h13H,1-12H2,(H,22,23). The van der Waals surface area contributed by atoms with Gasteiger partial charge in [-0.3, -0.25) is 4.79 Å². The number of carboxylic acids is 1. The van der Waals surface area contributed by atoms with E-state index < -0.39 is 36.8 Å². The van der Waals surface area contributed by atoms with Gasteiger partial charge in [0.2, 0.25) is 0 Å². The van der Waals surface area contributed by atoms with Crippen LogP contribution in [0.5, 0.6) is 0 Å². The van der Waals surface area contributed by atoms with Crippen molar-refractivity contribution in [1.29, 1.82) is 0 Å². The summed E-state index contributed by atoms with van der Waals surface area (Å²) in [5.41, 5.74) is 0. The highest BCUT2D eigenvalue weighted by Gasteiger charge is 2.56. The molecule has 1 radical (unpaired) electrons. The zero-order valence-electron chi connectivity index (χ0n) is 13.3. The van der Waals surface area contributed by atoms with Crippen molar-refractivity contribution >= 4 is 5.97 Å². The maximum atomic E-state index is 12.8. The summed E-state index contributed by atoms with van der Waals surface area (Å²) in [4.78, 5) is 11.0. The van der Waals surface area contributed by atoms with E-state index in [4.69, 9.17) is 5.11 Å². The van der Waals surface area contributed by atoms with Crippen LogP contribution in [0, 0.1) is 12.8 Å². The normalized spacial score (nSPS) is 14.0. The number of unbranched alkanes of at least 4 members (excludes halogenated alkanes) is 6. The van der Waals surface area contributed by atoms with Gasteiger partial charge in [-0.15, -0.1) is 0 Å². The molecule has 0 aromatic rings. The monoisotopic (exact) mass is 345 g/mol. The first-order valence-electron chi connectivity index (χ1n) is 8.08. The second-order valence-corrected chi connectivity index (χ2v) is 5.89. The van der Waals surface area contributed by atoms with Crippen molar-refractivity contribution in [3.8, 4) is 0 Å². The summed E-state index contributed by atoms with van der Waals surface area (Å²) in [6.07, 6.45) is -0.657. The van der Waals surface area contributed by atoms with Crippen LogP contribution in [-0.2, 0) is 4.79 Å². The minimum Gasteiger partial charge on any atom is -0.481 e. The van der Waals surface area contributed by atoms with E-state index in [1.165, 1.54) is 0 Å².